The molecule has 0 saturated heterocycles. The van der Waals surface area contributed by atoms with Crippen LogP contribution in [0, 0.1) is 0 Å². The highest BCUT2D eigenvalue weighted by Gasteiger charge is 2.23. The van der Waals surface area contributed by atoms with Crippen molar-refractivity contribution in [1.82, 2.24) is 4.98 Å². The van der Waals surface area contributed by atoms with Crippen LogP contribution in [0.25, 0.3) is 22.4 Å². The van der Waals surface area contributed by atoms with Gasteiger partial charge >= 0.3 is 0 Å². The number of hydrogen-bond donors (Lipinski definition) is 0. The predicted molar refractivity (Wildman–Crippen MR) is 87.3 cm³/mol. The summed E-state index contributed by atoms with van der Waals surface area (Å²) in [7, 11) is 0. The quantitative estimate of drug-likeness (QED) is 0.506. The highest BCUT2D eigenvalue weighted by molar-refractivity contribution is 5.85. The summed E-state index contributed by atoms with van der Waals surface area (Å²) in [4.78, 5) is 4.60. The average Bonchev–Trinajstić information content (AvgIpc) is 2.93. The van der Waals surface area contributed by atoms with E-state index in [-0.39, 0.29) is 0 Å². The van der Waals surface area contributed by atoms with Gasteiger partial charge in [-0.3, -0.25) is 4.98 Å². The topological polar surface area (TPSA) is 12.9 Å². The van der Waals surface area contributed by atoms with Crippen molar-refractivity contribution in [3.63, 3.8) is 0 Å². The molecule has 0 radical (unpaired) electrons. The molecule has 0 atom stereocenters. The molecule has 1 aromatic heterocycles. The number of hydrogen-bond acceptors (Lipinski definition) is 1. The molecule has 0 bridgehead atoms. The van der Waals surface area contributed by atoms with Crippen molar-refractivity contribution in [2.45, 2.75) is 19.8 Å². The molecular formula is C20H17N. The van der Waals surface area contributed by atoms with Crippen molar-refractivity contribution >= 4 is 0 Å². The monoisotopic (exact) mass is 271 g/mol. The maximum atomic E-state index is 4.60. The normalized spacial score (nSPS) is 12.0. The standard InChI is InChI=1S/C20H17N/c1-2-14-10-11-17-16-8-4-3-7-15(16)13-18(17)20(14)19-9-5-6-12-21-19/h3-12H,2,13H2,1H3. The summed E-state index contributed by atoms with van der Waals surface area (Å²) < 4.78 is 0. The van der Waals surface area contributed by atoms with E-state index in [0.29, 0.717) is 0 Å². The van der Waals surface area contributed by atoms with Crippen LogP contribution in [0.4, 0.5) is 0 Å². The third-order valence-corrected chi connectivity index (χ3v) is 4.38. The van der Waals surface area contributed by atoms with Gasteiger partial charge in [0.15, 0.2) is 0 Å². The Hall–Kier alpha value is -2.41. The first-order valence-electron chi connectivity index (χ1n) is 7.53. The first kappa shape index (κ1) is 12.3. The van der Waals surface area contributed by atoms with Crippen LogP contribution in [-0.2, 0) is 12.8 Å². The van der Waals surface area contributed by atoms with Crippen molar-refractivity contribution in [3.8, 4) is 22.4 Å². The van der Waals surface area contributed by atoms with Crippen LogP contribution >= 0.6 is 0 Å². The van der Waals surface area contributed by atoms with E-state index >= 15 is 0 Å². The molecule has 2 aromatic carbocycles. The Labute approximate surface area is 125 Å². The lowest BCUT2D eigenvalue weighted by atomic mass is 9.92. The van der Waals surface area contributed by atoms with Crippen LogP contribution in [0.15, 0.2) is 60.8 Å². The summed E-state index contributed by atoms with van der Waals surface area (Å²) in [5.74, 6) is 0. The summed E-state index contributed by atoms with van der Waals surface area (Å²) in [6.07, 6.45) is 3.94. The molecule has 0 N–H and O–H groups in total. The van der Waals surface area contributed by atoms with Gasteiger partial charge in [-0.05, 0) is 52.8 Å². The Morgan fingerprint density at radius 1 is 0.905 bits per heavy atom. The second kappa shape index (κ2) is 4.85. The van der Waals surface area contributed by atoms with E-state index in [1.165, 1.54) is 33.4 Å². The summed E-state index contributed by atoms with van der Waals surface area (Å²) >= 11 is 0. The molecule has 1 heterocycles. The molecule has 0 spiro atoms. The van der Waals surface area contributed by atoms with E-state index in [1.807, 2.05) is 12.3 Å². The molecule has 1 aliphatic rings. The van der Waals surface area contributed by atoms with Gasteiger partial charge in [-0.25, -0.2) is 0 Å². The van der Waals surface area contributed by atoms with Crippen LogP contribution in [0.2, 0.25) is 0 Å². The molecule has 1 aliphatic carbocycles. The fourth-order valence-corrected chi connectivity index (χ4v) is 3.38. The summed E-state index contributed by atoms with van der Waals surface area (Å²) in [5.41, 5.74) is 9.45. The minimum Gasteiger partial charge on any atom is -0.256 e. The second-order valence-corrected chi connectivity index (χ2v) is 5.53. The molecular weight excluding hydrogens is 254 g/mol. The molecule has 0 amide bonds. The van der Waals surface area contributed by atoms with E-state index in [1.54, 1.807) is 0 Å². The lowest BCUT2D eigenvalue weighted by Crippen LogP contribution is -1.96. The smallest absolute Gasteiger partial charge is 0.0707 e. The van der Waals surface area contributed by atoms with E-state index in [2.05, 4.69) is 60.4 Å². The molecule has 0 saturated carbocycles. The van der Waals surface area contributed by atoms with E-state index in [0.717, 1.165) is 18.5 Å². The Morgan fingerprint density at radius 2 is 1.76 bits per heavy atom. The molecule has 3 aromatic rings. The Kier molecular flexibility index (Phi) is 2.85. The number of benzene rings is 2. The number of rotatable bonds is 2. The maximum absolute atomic E-state index is 4.60. The highest BCUT2D eigenvalue weighted by atomic mass is 14.7. The van der Waals surface area contributed by atoms with Gasteiger partial charge in [0.25, 0.3) is 0 Å². The zero-order valence-electron chi connectivity index (χ0n) is 12.1. The summed E-state index contributed by atoms with van der Waals surface area (Å²) in [6.45, 7) is 2.22. The number of nitrogens with zero attached hydrogens (tertiary/aromatic N) is 1. The van der Waals surface area contributed by atoms with Crippen LogP contribution in [0.3, 0.4) is 0 Å². The van der Waals surface area contributed by atoms with Gasteiger partial charge in [-0.1, -0.05) is 49.4 Å². The van der Waals surface area contributed by atoms with Gasteiger partial charge in [-0.15, -0.1) is 0 Å². The largest absolute Gasteiger partial charge is 0.256 e. The van der Waals surface area contributed by atoms with Crippen molar-refractivity contribution < 1.29 is 0 Å². The first-order valence-corrected chi connectivity index (χ1v) is 7.53. The van der Waals surface area contributed by atoms with Gasteiger partial charge in [0.2, 0.25) is 0 Å². The number of pyridine rings is 1. The highest BCUT2D eigenvalue weighted by Crippen LogP contribution is 2.42. The average molecular weight is 271 g/mol. The van der Waals surface area contributed by atoms with Gasteiger partial charge in [0, 0.05) is 11.8 Å². The summed E-state index contributed by atoms with van der Waals surface area (Å²) in [6, 6.07) is 19.5. The zero-order valence-corrected chi connectivity index (χ0v) is 12.1. The van der Waals surface area contributed by atoms with Crippen LogP contribution in [0.5, 0.6) is 0 Å². The molecule has 21 heavy (non-hydrogen) atoms. The van der Waals surface area contributed by atoms with Gasteiger partial charge in [-0.2, -0.15) is 0 Å². The molecule has 0 aliphatic heterocycles. The molecule has 102 valence electrons. The van der Waals surface area contributed by atoms with Crippen LogP contribution < -0.4 is 0 Å². The molecule has 1 nitrogen and oxygen atoms in total. The summed E-state index contributed by atoms with van der Waals surface area (Å²) in [5, 5.41) is 0. The predicted octanol–water partition coefficient (Wildman–Crippen LogP) is 4.88. The van der Waals surface area contributed by atoms with E-state index in [9.17, 15) is 0 Å². The van der Waals surface area contributed by atoms with Gasteiger partial charge in [0.1, 0.15) is 0 Å². The minimum absolute atomic E-state index is 1.02. The molecule has 4 rings (SSSR count). The van der Waals surface area contributed by atoms with Crippen molar-refractivity contribution in [2.75, 3.05) is 0 Å². The fourth-order valence-electron chi connectivity index (χ4n) is 3.38. The van der Waals surface area contributed by atoms with Crippen molar-refractivity contribution in [3.05, 3.63) is 77.5 Å². The van der Waals surface area contributed by atoms with Gasteiger partial charge < -0.3 is 0 Å². The fraction of sp³-hybridized carbons (Fsp3) is 0.150. The maximum Gasteiger partial charge on any atom is 0.0707 e. The minimum atomic E-state index is 1.02. The van der Waals surface area contributed by atoms with Crippen LogP contribution in [-0.4, -0.2) is 4.98 Å². The molecule has 0 fully saturated rings. The SMILES string of the molecule is CCc1ccc2c(c1-c1ccccn1)Cc1ccccc1-2. The number of aryl methyl sites for hydroxylation is 1. The van der Waals surface area contributed by atoms with Crippen molar-refractivity contribution in [2.24, 2.45) is 0 Å². The number of fused-ring (bicyclic) bond motifs is 3. The van der Waals surface area contributed by atoms with Gasteiger partial charge in [0.05, 0.1) is 5.69 Å². The lowest BCUT2D eigenvalue weighted by molar-refractivity contribution is 1.12. The Bertz CT molecular complexity index is 803. The van der Waals surface area contributed by atoms with E-state index < -0.39 is 0 Å². The third kappa shape index (κ3) is 1.89. The Morgan fingerprint density at radius 3 is 2.57 bits per heavy atom. The molecule has 1 heteroatoms. The number of aromatic nitrogens is 1. The van der Waals surface area contributed by atoms with E-state index in [4.69, 9.17) is 0 Å². The van der Waals surface area contributed by atoms with Crippen LogP contribution in [0.1, 0.15) is 23.6 Å². The first-order chi connectivity index (χ1) is 10.4. The van der Waals surface area contributed by atoms with Crippen molar-refractivity contribution in [1.29, 1.82) is 0 Å². The third-order valence-electron chi connectivity index (χ3n) is 4.38. The Balaban J connectivity index is 2.00. The second-order valence-electron chi connectivity index (χ2n) is 5.53. The molecule has 0 unspecified atom stereocenters. The lowest BCUT2D eigenvalue weighted by Gasteiger charge is -2.13. The zero-order chi connectivity index (χ0) is 14.2.